The van der Waals surface area contributed by atoms with Crippen LogP contribution in [-0.4, -0.2) is 33.4 Å². The third kappa shape index (κ3) is 6.10. The fourth-order valence-electron chi connectivity index (χ4n) is 3.46. The Morgan fingerprint density at radius 2 is 1.64 bits per heavy atom. The van der Waals surface area contributed by atoms with Gasteiger partial charge in [-0.3, -0.25) is 9.59 Å². The van der Waals surface area contributed by atoms with Gasteiger partial charge in [0.1, 0.15) is 23.9 Å². The van der Waals surface area contributed by atoms with Gasteiger partial charge in [0.15, 0.2) is 0 Å². The molecule has 36 heavy (non-hydrogen) atoms. The van der Waals surface area contributed by atoms with E-state index < -0.39 is 17.5 Å². The van der Waals surface area contributed by atoms with Crippen LogP contribution in [0.3, 0.4) is 0 Å². The predicted octanol–water partition coefficient (Wildman–Crippen LogP) is 3.85. The lowest BCUT2D eigenvalue weighted by Crippen LogP contribution is -2.61. The SMILES string of the molecule is CC(=O)NC(COCc1ccccc1)(C(=O)Nc1ccc(Oc2ccc(F)cc2)cc1)n1ccnn1. The maximum absolute atomic E-state index is 13.6. The van der Waals surface area contributed by atoms with Crippen molar-refractivity contribution in [3.63, 3.8) is 0 Å². The molecule has 10 heteroatoms. The fourth-order valence-corrected chi connectivity index (χ4v) is 3.46. The van der Waals surface area contributed by atoms with Crippen LogP contribution in [-0.2, 0) is 26.6 Å². The van der Waals surface area contributed by atoms with Gasteiger partial charge in [-0.25, -0.2) is 9.07 Å². The van der Waals surface area contributed by atoms with Crippen molar-refractivity contribution in [2.24, 2.45) is 0 Å². The standard InChI is InChI=1S/C26H24FN5O4/c1-19(33)30-26(32-16-15-28-31-32,18-35-17-20-5-3-2-4-6-20)25(34)29-22-9-13-24(14-10-22)36-23-11-7-21(27)8-12-23/h2-16H,17-18H2,1H3,(H,29,34)(H,30,33). The molecule has 0 aliphatic rings. The van der Waals surface area contributed by atoms with Gasteiger partial charge in [-0.2, -0.15) is 0 Å². The van der Waals surface area contributed by atoms with Crippen LogP contribution in [0.2, 0.25) is 0 Å². The summed E-state index contributed by atoms with van der Waals surface area (Å²) in [6.45, 7) is 1.32. The molecule has 2 amide bonds. The highest BCUT2D eigenvalue weighted by atomic mass is 19.1. The van der Waals surface area contributed by atoms with Crippen LogP contribution in [0, 0.1) is 5.82 Å². The van der Waals surface area contributed by atoms with Crippen LogP contribution >= 0.6 is 0 Å². The first-order valence-electron chi connectivity index (χ1n) is 11.1. The maximum Gasteiger partial charge on any atom is 0.275 e. The van der Waals surface area contributed by atoms with Gasteiger partial charge in [0.05, 0.1) is 12.8 Å². The van der Waals surface area contributed by atoms with Gasteiger partial charge in [-0.1, -0.05) is 35.5 Å². The van der Waals surface area contributed by atoms with E-state index >= 15 is 0 Å². The molecule has 4 rings (SSSR count). The highest BCUT2D eigenvalue weighted by molar-refractivity contribution is 5.98. The van der Waals surface area contributed by atoms with Crippen LogP contribution in [0.25, 0.3) is 0 Å². The average Bonchev–Trinajstić information content (AvgIpc) is 3.42. The summed E-state index contributed by atoms with van der Waals surface area (Å²) in [5, 5.41) is 13.2. The van der Waals surface area contributed by atoms with Gasteiger partial charge >= 0.3 is 0 Å². The number of hydrogen-bond acceptors (Lipinski definition) is 6. The van der Waals surface area contributed by atoms with E-state index in [0.29, 0.717) is 17.2 Å². The number of benzene rings is 3. The molecule has 2 N–H and O–H groups in total. The summed E-state index contributed by atoms with van der Waals surface area (Å²) in [7, 11) is 0. The van der Waals surface area contributed by atoms with Gasteiger partial charge < -0.3 is 20.1 Å². The summed E-state index contributed by atoms with van der Waals surface area (Å²) < 4.78 is 25.9. The van der Waals surface area contributed by atoms with E-state index in [1.807, 2.05) is 30.3 Å². The molecule has 1 atom stereocenters. The van der Waals surface area contributed by atoms with Crippen molar-refractivity contribution >= 4 is 17.5 Å². The summed E-state index contributed by atoms with van der Waals surface area (Å²) in [4.78, 5) is 25.7. The molecule has 0 saturated heterocycles. The minimum Gasteiger partial charge on any atom is -0.457 e. The van der Waals surface area contributed by atoms with Crippen LogP contribution in [0.15, 0.2) is 91.3 Å². The fraction of sp³-hybridized carbons (Fsp3) is 0.154. The number of amides is 2. The van der Waals surface area contributed by atoms with Gasteiger partial charge in [0.25, 0.3) is 5.91 Å². The van der Waals surface area contributed by atoms with E-state index in [1.165, 1.54) is 48.3 Å². The molecule has 0 spiro atoms. The Morgan fingerprint density at radius 1 is 0.972 bits per heavy atom. The van der Waals surface area contributed by atoms with Gasteiger partial charge in [0.2, 0.25) is 11.6 Å². The topological polar surface area (TPSA) is 107 Å². The minimum absolute atomic E-state index is 0.206. The second-order valence-electron chi connectivity index (χ2n) is 7.90. The molecule has 0 aliphatic heterocycles. The zero-order valence-electron chi connectivity index (χ0n) is 19.4. The lowest BCUT2D eigenvalue weighted by atomic mass is 10.1. The number of nitrogens with zero attached hydrogens (tertiary/aromatic N) is 3. The molecule has 184 valence electrons. The summed E-state index contributed by atoms with van der Waals surface area (Å²) in [5.74, 6) is -0.423. The molecule has 0 bridgehead atoms. The Kier molecular flexibility index (Phi) is 7.66. The lowest BCUT2D eigenvalue weighted by molar-refractivity contribution is -0.138. The molecule has 1 aromatic heterocycles. The van der Waals surface area contributed by atoms with Gasteiger partial charge in [-0.05, 0) is 54.1 Å². The summed E-state index contributed by atoms with van der Waals surface area (Å²) in [6, 6.07) is 21.7. The number of rotatable bonds is 10. The molecule has 1 unspecified atom stereocenters. The minimum atomic E-state index is -1.69. The Hall–Kier alpha value is -4.57. The number of aromatic nitrogens is 3. The number of anilines is 1. The number of halogens is 1. The van der Waals surface area contributed by atoms with E-state index in [0.717, 1.165) is 5.56 Å². The molecule has 1 heterocycles. The Morgan fingerprint density at radius 3 is 2.25 bits per heavy atom. The third-order valence-corrected chi connectivity index (χ3v) is 5.16. The van der Waals surface area contributed by atoms with Gasteiger partial charge in [-0.15, -0.1) is 5.10 Å². The van der Waals surface area contributed by atoms with Crippen molar-refractivity contribution in [2.45, 2.75) is 19.2 Å². The zero-order valence-corrected chi connectivity index (χ0v) is 19.4. The molecule has 9 nitrogen and oxygen atoms in total. The zero-order chi connectivity index (χ0) is 25.4. The van der Waals surface area contributed by atoms with Gasteiger partial charge in [0, 0.05) is 18.8 Å². The summed E-state index contributed by atoms with van der Waals surface area (Å²) >= 11 is 0. The van der Waals surface area contributed by atoms with E-state index in [9.17, 15) is 14.0 Å². The number of carbonyl (C=O) groups excluding carboxylic acids is 2. The highest BCUT2D eigenvalue weighted by Crippen LogP contribution is 2.24. The van der Waals surface area contributed by atoms with Crippen molar-refractivity contribution in [3.05, 3.63) is 103 Å². The van der Waals surface area contributed by atoms with Crippen molar-refractivity contribution < 1.29 is 23.5 Å². The number of nitrogens with one attached hydrogen (secondary N) is 2. The molecule has 0 saturated carbocycles. The van der Waals surface area contributed by atoms with E-state index in [2.05, 4.69) is 20.9 Å². The predicted molar refractivity (Wildman–Crippen MR) is 129 cm³/mol. The Balaban J connectivity index is 1.51. The third-order valence-electron chi connectivity index (χ3n) is 5.16. The first-order chi connectivity index (χ1) is 17.4. The summed E-state index contributed by atoms with van der Waals surface area (Å²) in [6.07, 6.45) is 2.88. The first-order valence-corrected chi connectivity index (χ1v) is 11.1. The highest BCUT2D eigenvalue weighted by Gasteiger charge is 2.43. The molecule has 3 aromatic carbocycles. The molecule has 0 fully saturated rings. The number of ether oxygens (including phenoxy) is 2. The average molecular weight is 490 g/mol. The Bertz CT molecular complexity index is 1280. The second-order valence-corrected chi connectivity index (χ2v) is 7.90. The lowest BCUT2D eigenvalue weighted by Gasteiger charge is -2.32. The normalized spacial score (nSPS) is 12.4. The summed E-state index contributed by atoms with van der Waals surface area (Å²) in [5.41, 5.74) is -0.338. The van der Waals surface area contributed by atoms with Crippen molar-refractivity contribution in [1.29, 1.82) is 0 Å². The van der Waals surface area contributed by atoms with E-state index in [1.54, 1.807) is 24.3 Å². The smallest absolute Gasteiger partial charge is 0.275 e. The molecular formula is C26H24FN5O4. The number of carbonyl (C=O) groups is 2. The van der Waals surface area contributed by atoms with Crippen LogP contribution in [0.4, 0.5) is 10.1 Å². The van der Waals surface area contributed by atoms with Crippen LogP contribution in [0.5, 0.6) is 11.5 Å². The van der Waals surface area contributed by atoms with Crippen molar-refractivity contribution in [3.8, 4) is 11.5 Å². The second kappa shape index (κ2) is 11.2. The van der Waals surface area contributed by atoms with Crippen molar-refractivity contribution in [2.75, 3.05) is 11.9 Å². The number of hydrogen-bond donors (Lipinski definition) is 2. The quantitative estimate of drug-likeness (QED) is 0.350. The molecule has 0 aliphatic carbocycles. The van der Waals surface area contributed by atoms with E-state index in [4.69, 9.17) is 9.47 Å². The monoisotopic (exact) mass is 489 g/mol. The maximum atomic E-state index is 13.6. The molecule has 0 radical (unpaired) electrons. The van der Waals surface area contributed by atoms with Crippen LogP contribution in [0.1, 0.15) is 12.5 Å². The van der Waals surface area contributed by atoms with E-state index in [-0.39, 0.29) is 19.0 Å². The largest absolute Gasteiger partial charge is 0.457 e. The van der Waals surface area contributed by atoms with Crippen LogP contribution < -0.4 is 15.4 Å². The molecular weight excluding hydrogens is 465 g/mol. The molecule has 4 aromatic rings. The Labute approximate surface area is 206 Å². The first kappa shape index (κ1) is 24.6. The van der Waals surface area contributed by atoms with Crippen molar-refractivity contribution in [1.82, 2.24) is 20.3 Å².